The van der Waals surface area contributed by atoms with E-state index < -0.39 is 11.9 Å². The van der Waals surface area contributed by atoms with Crippen LogP contribution >= 0.6 is 27.5 Å². The van der Waals surface area contributed by atoms with E-state index in [0.29, 0.717) is 22.3 Å². The number of halogens is 3. The molecule has 21 heavy (non-hydrogen) atoms. The number of aromatic nitrogens is 1. The van der Waals surface area contributed by atoms with Gasteiger partial charge < -0.3 is 10.5 Å². The first kappa shape index (κ1) is 16.2. The number of rotatable bonds is 5. The summed E-state index contributed by atoms with van der Waals surface area (Å²) in [7, 11) is 0. The van der Waals surface area contributed by atoms with Crippen LogP contribution in [0, 0.1) is 5.82 Å². The number of benzene rings is 1. The third-order valence-electron chi connectivity index (χ3n) is 3.07. The van der Waals surface area contributed by atoms with Gasteiger partial charge in [0.05, 0.1) is 15.2 Å². The molecule has 0 saturated heterocycles. The monoisotopic (exact) mass is 372 g/mol. The van der Waals surface area contributed by atoms with Gasteiger partial charge in [-0.15, -0.1) is 0 Å². The molecular formula is C15H15BrClFN2O. The van der Waals surface area contributed by atoms with Crippen molar-refractivity contribution in [3.05, 3.63) is 57.5 Å². The fourth-order valence-electron chi connectivity index (χ4n) is 1.86. The first-order chi connectivity index (χ1) is 10.0. The minimum Gasteiger partial charge on any atom is -0.481 e. The van der Waals surface area contributed by atoms with Crippen molar-refractivity contribution in [2.45, 2.75) is 25.5 Å². The number of pyridine rings is 1. The third kappa shape index (κ3) is 3.93. The SMILES string of the molecule is CCC(N)C(Oc1cc(F)c(Cl)cc1Br)c1ccccn1. The molecule has 0 aliphatic rings. The van der Waals surface area contributed by atoms with Gasteiger partial charge in [-0.2, -0.15) is 0 Å². The Balaban J connectivity index is 2.34. The molecule has 0 radical (unpaired) electrons. The lowest BCUT2D eigenvalue weighted by molar-refractivity contribution is 0.165. The Bertz CT molecular complexity index is 612. The van der Waals surface area contributed by atoms with Gasteiger partial charge in [-0.25, -0.2) is 4.39 Å². The molecule has 0 bridgehead atoms. The molecule has 112 valence electrons. The highest BCUT2D eigenvalue weighted by atomic mass is 79.9. The lowest BCUT2D eigenvalue weighted by Crippen LogP contribution is -2.32. The second-order valence-electron chi connectivity index (χ2n) is 4.56. The summed E-state index contributed by atoms with van der Waals surface area (Å²) in [5.41, 5.74) is 6.82. The molecule has 0 aliphatic heterocycles. The quantitative estimate of drug-likeness (QED) is 0.785. The van der Waals surface area contributed by atoms with E-state index >= 15 is 0 Å². The minimum absolute atomic E-state index is 0.0309. The number of nitrogens with zero attached hydrogens (tertiary/aromatic N) is 1. The Labute approximate surface area is 136 Å². The zero-order valence-corrected chi connectivity index (χ0v) is 13.7. The highest BCUT2D eigenvalue weighted by Gasteiger charge is 2.23. The van der Waals surface area contributed by atoms with Gasteiger partial charge in [-0.1, -0.05) is 24.6 Å². The van der Waals surface area contributed by atoms with E-state index in [2.05, 4.69) is 20.9 Å². The van der Waals surface area contributed by atoms with E-state index in [1.54, 1.807) is 6.20 Å². The molecule has 2 unspecified atom stereocenters. The maximum atomic E-state index is 13.6. The minimum atomic E-state index is -0.542. The Morgan fingerprint density at radius 3 is 2.81 bits per heavy atom. The molecule has 2 atom stereocenters. The van der Waals surface area contributed by atoms with Crippen molar-refractivity contribution < 1.29 is 9.13 Å². The summed E-state index contributed by atoms with van der Waals surface area (Å²) in [6.45, 7) is 1.96. The highest BCUT2D eigenvalue weighted by Crippen LogP contribution is 2.34. The second-order valence-corrected chi connectivity index (χ2v) is 5.82. The Morgan fingerprint density at radius 2 is 2.19 bits per heavy atom. The first-order valence-electron chi connectivity index (χ1n) is 6.50. The molecule has 0 fully saturated rings. The van der Waals surface area contributed by atoms with Gasteiger partial charge in [-0.3, -0.25) is 4.98 Å². The van der Waals surface area contributed by atoms with Crippen LogP contribution in [0.5, 0.6) is 5.75 Å². The molecular weight excluding hydrogens is 359 g/mol. The molecule has 0 amide bonds. The zero-order valence-electron chi connectivity index (χ0n) is 11.4. The second kappa shape index (κ2) is 7.20. The fourth-order valence-corrected chi connectivity index (χ4v) is 2.59. The molecule has 2 aromatic rings. The first-order valence-corrected chi connectivity index (χ1v) is 7.67. The van der Waals surface area contributed by atoms with Gasteiger partial charge in [0.25, 0.3) is 0 Å². The van der Waals surface area contributed by atoms with Crippen LogP contribution in [0.15, 0.2) is 41.0 Å². The summed E-state index contributed by atoms with van der Waals surface area (Å²) in [6.07, 6.45) is 1.91. The summed E-state index contributed by atoms with van der Waals surface area (Å²) in [5, 5.41) is 0.0309. The summed E-state index contributed by atoms with van der Waals surface area (Å²) in [4.78, 5) is 4.27. The van der Waals surface area contributed by atoms with Crippen molar-refractivity contribution in [1.82, 2.24) is 4.98 Å². The lowest BCUT2D eigenvalue weighted by Gasteiger charge is -2.24. The average molecular weight is 374 g/mol. The molecule has 1 heterocycles. The Hall–Kier alpha value is -1.17. The van der Waals surface area contributed by atoms with Crippen molar-refractivity contribution in [3.8, 4) is 5.75 Å². The predicted octanol–water partition coefficient (Wildman–Crippen LogP) is 4.49. The van der Waals surface area contributed by atoms with E-state index in [1.165, 1.54) is 12.1 Å². The largest absolute Gasteiger partial charge is 0.481 e. The number of nitrogens with two attached hydrogens (primary N) is 1. The molecule has 3 nitrogen and oxygen atoms in total. The van der Waals surface area contributed by atoms with Crippen LogP contribution in [0.4, 0.5) is 4.39 Å². The predicted molar refractivity (Wildman–Crippen MR) is 85.0 cm³/mol. The average Bonchev–Trinajstić information content (AvgIpc) is 2.49. The topological polar surface area (TPSA) is 48.1 Å². The fraction of sp³-hybridized carbons (Fsp3) is 0.267. The van der Waals surface area contributed by atoms with Crippen molar-refractivity contribution in [1.29, 1.82) is 0 Å². The van der Waals surface area contributed by atoms with Crippen LogP contribution in [0.3, 0.4) is 0 Å². The highest BCUT2D eigenvalue weighted by molar-refractivity contribution is 9.10. The number of ether oxygens (including phenoxy) is 1. The third-order valence-corrected chi connectivity index (χ3v) is 3.98. The van der Waals surface area contributed by atoms with Gasteiger partial charge in [0.1, 0.15) is 11.6 Å². The van der Waals surface area contributed by atoms with Crippen molar-refractivity contribution in [2.75, 3.05) is 0 Å². The van der Waals surface area contributed by atoms with Gasteiger partial charge >= 0.3 is 0 Å². The van der Waals surface area contributed by atoms with Gasteiger partial charge in [0.15, 0.2) is 6.10 Å². The van der Waals surface area contributed by atoms with Crippen LogP contribution < -0.4 is 10.5 Å². The van der Waals surface area contributed by atoms with Gasteiger partial charge in [0, 0.05) is 18.3 Å². The lowest BCUT2D eigenvalue weighted by atomic mass is 10.1. The van der Waals surface area contributed by atoms with E-state index in [4.69, 9.17) is 22.1 Å². The maximum Gasteiger partial charge on any atom is 0.155 e. The van der Waals surface area contributed by atoms with E-state index in [1.807, 2.05) is 25.1 Å². The summed E-state index contributed by atoms with van der Waals surface area (Å²) in [6, 6.07) is 7.95. The van der Waals surface area contributed by atoms with E-state index in [0.717, 1.165) is 0 Å². The molecule has 1 aromatic carbocycles. The van der Waals surface area contributed by atoms with Crippen LogP contribution in [-0.4, -0.2) is 11.0 Å². The molecule has 0 aliphatic carbocycles. The van der Waals surface area contributed by atoms with Crippen molar-refractivity contribution >= 4 is 27.5 Å². The Kier molecular flexibility index (Phi) is 5.56. The Morgan fingerprint density at radius 1 is 1.43 bits per heavy atom. The van der Waals surface area contributed by atoms with E-state index in [9.17, 15) is 4.39 Å². The standard InChI is InChI=1S/C15H15BrClFN2O/c1-2-12(19)15(13-5-3-4-6-20-13)21-14-8-11(18)10(17)7-9(14)16/h3-8,12,15H,2,19H2,1H3. The molecule has 0 saturated carbocycles. The van der Waals surface area contributed by atoms with Crippen molar-refractivity contribution in [2.24, 2.45) is 5.73 Å². The zero-order chi connectivity index (χ0) is 15.4. The number of hydrogen-bond acceptors (Lipinski definition) is 3. The van der Waals surface area contributed by atoms with Crippen LogP contribution in [0.25, 0.3) is 0 Å². The molecule has 2 rings (SSSR count). The van der Waals surface area contributed by atoms with Crippen LogP contribution in [0.2, 0.25) is 5.02 Å². The summed E-state index contributed by atoms with van der Waals surface area (Å²) >= 11 is 9.05. The molecule has 6 heteroatoms. The number of hydrogen-bond donors (Lipinski definition) is 1. The summed E-state index contributed by atoms with van der Waals surface area (Å²) in [5.74, 6) is -0.198. The summed E-state index contributed by atoms with van der Waals surface area (Å²) < 4.78 is 20.1. The normalized spacial score (nSPS) is 13.8. The van der Waals surface area contributed by atoms with Gasteiger partial charge in [0.2, 0.25) is 0 Å². The smallest absolute Gasteiger partial charge is 0.155 e. The maximum absolute atomic E-state index is 13.6. The van der Waals surface area contributed by atoms with Crippen molar-refractivity contribution in [3.63, 3.8) is 0 Å². The van der Waals surface area contributed by atoms with Crippen LogP contribution in [-0.2, 0) is 0 Å². The molecule has 0 spiro atoms. The van der Waals surface area contributed by atoms with Crippen LogP contribution in [0.1, 0.15) is 25.1 Å². The molecule has 2 N–H and O–H groups in total. The molecule has 1 aromatic heterocycles. The van der Waals surface area contributed by atoms with E-state index in [-0.39, 0.29) is 11.1 Å². The van der Waals surface area contributed by atoms with Gasteiger partial charge in [-0.05, 0) is 40.5 Å².